The quantitative estimate of drug-likeness (QED) is 0.742. The summed E-state index contributed by atoms with van der Waals surface area (Å²) in [5.41, 5.74) is 1.13. The number of unbranched alkanes of at least 4 members (excludes halogenated alkanes) is 1. The fourth-order valence-corrected chi connectivity index (χ4v) is 1.68. The minimum absolute atomic E-state index is 0.659. The van der Waals surface area contributed by atoms with Crippen molar-refractivity contribution in [1.82, 2.24) is 0 Å². The van der Waals surface area contributed by atoms with Crippen LogP contribution in [0.15, 0.2) is 12.1 Å². The normalized spacial score (nSPS) is 10.0. The van der Waals surface area contributed by atoms with E-state index in [0.717, 1.165) is 30.6 Å². The van der Waals surface area contributed by atoms with Gasteiger partial charge in [0.2, 0.25) is 5.75 Å². The fraction of sp³-hybridized carbons (Fsp3) is 0.462. The molecule has 0 aliphatic rings. The van der Waals surface area contributed by atoms with Gasteiger partial charge in [-0.1, -0.05) is 19.4 Å². The molecule has 0 aliphatic heterocycles. The fourth-order valence-electron chi connectivity index (χ4n) is 1.68. The molecule has 0 N–H and O–H groups in total. The number of methoxy groups -OCH3 is 3. The zero-order valence-corrected chi connectivity index (χ0v) is 10.2. The first kappa shape index (κ1) is 12.7. The molecule has 16 heavy (non-hydrogen) atoms. The van der Waals surface area contributed by atoms with E-state index in [1.807, 2.05) is 12.1 Å². The Hall–Kier alpha value is -1.38. The van der Waals surface area contributed by atoms with Crippen LogP contribution in [0, 0.1) is 6.92 Å². The second-order valence-corrected chi connectivity index (χ2v) is 3.45. The number of benzene rings is 1. The summed E-state index contributed by atoms with van der Waals surface area (Å²) in [4.78, 5) is 0. The number of hydrogen-bond acceptors (Lipinski definition) is 3. The van der Waals surface area contributed by atoms with E-state index in [-0.39, 0.29) is 0 Å². The summed E-state index contributed by atoms with van der Waals surface area (Å²) in [7, 11) is 4.88. The number of hydrogen-bond donors (Lipinski definition) is 0. The van der Waals surface area contributed by atoms with Crippen molar-refractivity contribution in [3.05, 3.63) is 24.6 Å². The Labute approximate surface area is 97.3 Å². The molecule has 0 saturated heterocycles. The molecule has 89 valence electrons. The lowest BCUT2D eigenvalue weighted by Gasteiger charge is -2.15. The topological polar surface area (TPSA) is 27.7 Å². The average molecular weight is 223 g/mol. The molecule has 3 nitrogen and oxygen atoms in total. The maximum Gasteiger partial charge on any atom is 0.203 e. The second kappa shape index (κ2) is 6.26. The number of ether oxygens (including phenoxy) is 3. The first-order valence-electron chi connectivity index (χ1n) is 5.35. The van der Waals surface area contributed by atoms with Crippen LogP contribution >= 0.6 is 0 Å². The van der Waals surface area contributed by atoms with Crippen LogP contribution in [0.5, 0.6) is 17.2 Å². The predicted molar refractivity (Wildman–Crippen MR) is 64.4 cm³/mol. The highest BCUT2D eigenvalue weighted by Gasteiger charge is 2.14. The molecule has 1 radical (unpaired) electrons. The number of rotatable bonds is 6. The molecule has 0 unspecified atom stereocenters. The summed E-state index contributed by atoms with van der Waals surface area (Å²) in [6.45, 7) is 3.84. The SMILES string of the molecule is [CH2]CCCc1ccc(OC)c(OC)c1OC. The third-order valence-corrected chi connectivity index (χ3v) is 2.48. The van der Waals surface area contributed by atoms with Crippen LogP contribution in [0.1, 0.15) is 18.4 Å². The molecular formula is C13H19O3. The van der Waals surface area contributed by atoms with Gasteiger partial charge in [-0.2, -0.15) is 0 Å². The highest BCUT2D eigenvalue weighted by Crippen LogP contribution is 2.40. The zero-order valence-electron chi connectivity index (χ0n) is 10.2. The van der Waals surface area contributed by atoms with Gasteiger partial charge >= 0.3 is 0 Å². The van der Waals surface area contributed by atoms with Gasteiger partial charge in [0.25, 0.3) is 0 Å². The molecule has 1 rings (SSSR count). The van der Waals surface area contributed by atoms with Crippen molar-refractivity contribution in [2.45, 2.75) is 19.3 Å². The Morgan fingerprint density at radius 1 is 1.00 bits per heavy atom. The summed E-state index contributed by atoms with van der Waals surface area (Å²) in [6, 6.07) is 3.91. The van der Waals surface area contributed by atoms with Crippen molar-refractivity contribution >= 4 is 0 Å². The van der Waals surface area contributed by atoms with Crippen LogP contribution in [0.2, 0.25) is 0 Å². The smallest absolute Gasteiger partial charge is 0.203 e. The molecule has 0 atom stereocenters. The summed E-state index contributed by atoms with van der Waals surface area (Å²) >= 11 is 0. The van der Waals surface area contributed by atoms with E-state index in [1.54, 1.807) is 21.3 Å². The van der Waals surface area contributed by atoms with Gasteiger partial charge in [0.1, 0.15) is 0 Å². The van der Waals surface area contributed by atoms with Crippen molar-refractivity contribution in [3.63, 3.8) is 0 Å². The summed E-state index contributed by atoms with van der Waals surface area (Å²) < 4.78 is 15.9. The first-order chi connectivity index (χ1) is 7.78. The molecule has 0 aromatic heterocycles. The zero-order chi connectivity index (χ0) is 12.0. The van der Waals surface area contributed by atoms with E-state index in [9.17, 15) is 0 Å². The van der Waals surface area contributed by atoms with Crippen molar-refractivity contribution in [2.24, 2.45) is 0 Å². The molecule has 1 aromatic carbocycles. The van der Waals surface area contributed by atoms with Gasteiger partial charge in [-0.3, -0.25) is 0 Å². The highest BCUT2D eigenvalue weighted by atomic mass is 16.5. The van der Waals surface area contributed by atoms with Crippen molar-refractivity contribution in [3.8, 4) is 17.2 Å². The van der Waals surface area contributed by atoms with Gasteiger partial charge in [0, 0.05) is 0 Å². The van der Waals surface area contributed by atoms with Crippen LogP contribution in [0.4, 0.5) is 0 Å². The Bertz CT molecular complexity index is 334. The molecule has 1 aromatic rings. The summed E-state index contributed by atoms with van der Waals surface area (Å²) in [5, 5.41) is 0. The second-order valence-electron chi connectivity index (χ2n) is 3.45. The third kappa shape index (κ3) is 2.60. The summed E-state index contributed by atoms with van der Waals surface area (Å²) in [6.07, 6.45) is 2.89. The van der Waals surface area contributed by atoms with E-state index in [2.05, 4.69) is 6.92 Å². The average Bonchev–Trinajstić information content (AvgIpc) is 2.34. The Balaban J connectivity index is 3.10. The van der Waals surface area contributed by atoms with Crippen molar-refractivity contribution < 1.29 is 14.2 Å². The largest absolute Gasteiger partial charge is 0.493 e. The van der Waals surface area contributed by atoms with Gasteiger partial charge in [-0.15, -0.1) is 0 Å². The molecule has 0 bridgehead atoms. The van der Waals surface area contributed by atoms with Gasteiger partial charge < -0.3 is 14.2 Å². The summed E-state index contributed by atoms with van der Waals surface area (Å²) in [5.74, 6) is 2.11. The molecule has 0 saturated carbocycles. The molecule has 0 fully saturated rings. The minimum atomic E-state index is 0.659. The van der Waals surface area contributed by atoms with Crippen LogP contribution in [0.3, 0.4) is 0 Å². The predicted octanol–water partition coefficient (Wildman–Crippen LogP) is 2.87. The molecule has 0 spiro atoms. The van der Waals surface area contributed by atoms with Gasteiger partial charge in [-0.25, -0.2) is 0 Å². The van der Waals surface area contributed by atoms with Crippen molar-refractivity contribution in [2.75, 3.05) is 21.3 Å². The van der Waals surface area contributed by atoms with Gasteiger partial charge in [0.05, 0.1) is 21.3 Å². The van der Waals surface area contributed by atoms with Crippen molar-refractivity contribution in [1.29, 1.82) is 0 Å². The van der Waals surface area contributed by atoms with E-state index in [4.69, 9.17) is 14.2 Å². The number of aryl methyl sites for hydroxylation is 1. The Morgan fingerprint density at radius 3 is 2.19 bits per heavy atom. The Morgan fingerprint density at radius 2 is 1.69 bits per heavy atom. The third-order valence-electron chi connectivity index (χ3n) is 2.48. The van der Waals surface area contributed by atoms with E-state index >= 15 is 0 Å². The lowest BCUT2D eigenvalue weighted by Crippen LogP contribution is -1.99. The highest BCUT2D eigenvalue weighted by molar-refractivity contribution is 5.55. The Kier molecular flexibility index (Phi) is 4.96. The van der Waals surface area contributed by atoms with Crippen LogP contribution in [0.25, 0.3) is 0 Å². The molecule has 0 aliphatic carbocycles. The van der Waals surface area contributed by atoms with Crippen LogP contribution < -0.4 is 14.2 Å². The standard InChI is InChI=1S/C13H19O3/c1-5-6-7-10-8-9-11(14-2)13(16-4)12(10)15-3/h8-9H,1,5-7H2,2-4H3. The first-order valence-corrected chi connectivity index (χ1v) is 5.35. The minimum Gasteiger partial charge on any atom is -0.493 e. The molecular weight excluding hydrogens is 204 g/mol. The van der Waals surface area contributed by atoms with Gasteiger partial charge in [0.15, 0.2) is 11.5 Å². The molecule has 0 amide bonds. The lowest BCUT2D eigenvalue weighted by molar-refractivity contribution is 0.322. The maximum absolute atomic E-state index is 5.38. The monoisotopic (exact) mass is 223 g/mol. The van der Waals surface area contributed by atoms with Crippen LogP contribution in [-0.2, 0) is 6.42 Å². The van der Waals surface area contributed by atoms with Crippen LogP contribution in [-0.4, -0.2) is 21.3 Å². The van der Waals surface area contributed by atoms with E-state index < -0.39 is 0 Å². The van der Waals surface area contributed by atoms with Gasteiger partial charge in [-0.05, 0) is 24.5 Å². The van der Waals surface area contributed by atoms with E-state index in [0.29, 0.717) is 11.5 Å². The maximum atomic E-state index is 5.38. The molecule has 0 heterocycles. The molecule has 3 heteroatoms. The van der Waals surface area contributed by atoms with E-state index in [1.165, 1.54) is 0 Å². The lowest BCUT2D eigenvalue weighted by atomic mass is 10.1.